The van der Waals surface area contributed by atoms with Crippen molar-refractivity contribution in [1.82, 2.24) is 5.32 Å². The molecule has 0 aromatic heterocycles. The summed E-state index contributed by atoms with van der Waals surface area (Å²) in [5.41, 5.74) is 0.162. The number of hydrogen-bond donors (Lipinski definition) is 2. The Kier molecular flexibility index (Phi) is 4.47. The van der Waals surface area contributed by atoms with Crippen LogP contribution in [0, 0.1) is 5.82 Å². The Bertz CT molecular complexity index is 487. The third kappa shape index (κ3) is 4.57. The second-order valence-electron chi connectivity index (χ2n) is 3.70. The second-order valence-corrected chi connectivity index (χ2v) is 3.70. The zero-order chi connectivity index (χ0) is 14.6. The number of benzene rings is 1. The molecular weight excluding hydrogens is 270 g/mol. The monoisotopic (exact) mass is 279 g/mol. The maximum absolute atomic E-state index is 12.9. The van der Waals surface area contributed by atoms with E-state index in [1.807, 2.05) is 0 Å². The summed E-state index contributed by atoms with van der Waals surface area (Å²) in [6.07, 6.45) is -5.62. The normalized spacial score (nSPS) is 12.8. The lowest BCUT2D eigenvalue weighted by molar-refractivity contribution is -0.175. The van der Waals surface area contributed by atoms with E-state index in [1.165, 1.54) is 17.4 Å². The molecule has 0 spiro atoms. The van der Waals surface area contributed by atoms with Crippen molar-refractivity contribution >= 4 is 11.9 Å². The molecule has 104 valence electrons. The average Bonchev–Trinajstić information content (AvgIpc) is 2.26. The Morgan fingerprint density at radius 3 is 2.42 bits per heavy atom. The summed E-state index contributed by atoms with van der Waals surface area (Å²) in [5, 5.41) is 10.1. The van der Waals surface area contributed by atoms with E-state index >= 15 is 0 Å². The highest BCUT2D eigenvalue weighted by Crippen LogP contribution is 2.15. The molecule has 4 nitrogen and oxygen atoms in total. The number of carboxylic acids is 1. The van der Waals surface area contributed by atoms with Crippen molar-refractivity contribution in [1.29, 1.82) is 0 Å². The predicted octanol–water partition coefficient (Wildman–Crippen LogP) is 1.50. The van der Waals surface area contributed by atoms with E-state index in [9.17, 15) is 27.2 Å². The summed E-state index contributed by atoms with van der Waals surface area (Å²) in [7, 11) is 0. The number of carboxylic acid groups (broad SMARTS) is 1. The van der Waals surface area contributed by atoms with Gasteiger partial charge in [0.15, 0.2) is 0 Å². The van der Waals surface area contributed by atoms with Gasteiger partial charge < -0.3 is 10.4 Å². The molecule has 1 atom stereocenters. The third-order valence-electron chi connectivity index (χ3n) is 2.19. The van der Waals surface area contributed by atoms with Gasteiger partial charge in [-0.2, -0.15) is 13.2 Å². The van der Waals surface area contributed by atoms with Crippen molar-refractivity contribution in [2.24, 2.45) is 0 Å². The molecule has 0 radical (unpaired) electrons. The molecule has 0 aliphatic heterocycles. The Balaban J connectivity index is 2.80. The van der Waals surface area contributed by atoms with Gasteiger partial charge in [-0.3, -0.25) is 4.79 Å². The van der Waals surface area contributed by atoms with Gasteiger partial charge in [-0.15, -0.1) is 0 Å². The van der Waals surface area contributed by atoms with Crippen LogP contribution in [0.1, 0.15) is 5.56 Å². The molecule has 0 aliphatic rings. The minimum absolute atomic E-state index is 0.162. The predicted molar refractivity (Wildman–Crippen MR) is 55.7 cm³/mol. The van der Waals surface area contributed by atoms with Gasteiger partial charge in [0.2, 0.25) is 0 Å². The molecule has 0 saturated heterocycles. The number of nitrogens with one attached hydrogen (secondary N) is 1. The maximum Gasteiger partial charge on any atom is 0.471 e. The number of rotatable bonds is 4. The molecule has 0 saturated carbocycles. The van der Waals surface area contributed by atoms with E-state index in [1.54, 1.807) is 0 Å². The summed E-state index contributed by atoms with van der Waals surface area (Å²) in [6.45, 7) is 0. The topological polar surface area (TPSA) is 66.4 Å². The van der Waals surface area contributed by atoms with Crippen molar-refractivity contribution in [2.45, 2.75) is 18.6 Å². The highest BCUT2D eigenvalue weighted by atomic mass is 19.4. The zero-order valence-corrected chi connectivity index (χ0v) is 9.37. The van der Waals surface area contributed by atoms with Gasteiger partial charge in [0.25, 0.3) is 0 Å². The molecule has 1 aromatic carbocycles. The Morgan fingerprint density at radius 2 is 1.95 bits per heavy atom. The number of hydrogen-bond acceptors (Lipinski definition) is 2. The molecule has 0 bridgehead atoms. The van der Waals surface area contributed by atoms with Crippen molar-refractivity contribution in [3.8, 4) is 0 Å². The molecule has 8 heteroatoms. The van der Waals surface area contributed by atoms with Gasteiger partial charge in [0, 0.05) is 6.42 Å². The summed E-state index contributed by atoms with van der Waals surface area (Å²) in [4.78, 5) is 21.4. The zero-order valence-electron chi connectivity index (χ0n) is 9.37. The molecule has 0 aliphatic carbocycles. The Labute approximate surface area is 105 Å². The molecule has 1 unspecified atom stereocenters. The fourth-order valence-electron chi connectivity index (χ4n) is 1.34. The minimum atomic E-state index is -5.17. The van der Waals surface area contributed by atoms with Crippen LogP contribution in [0.5, 0.6) is 0 Å². The first-order valence-electron chi connectivity index (χ1n) is 5.05. The average molecular weight is 279 g/mol. The summed E-state index contributed by atoms with van der Waals surface area (Å²) < 4.78 is 48.9. The summed E-state index contributed by atoms with van der Waals surface area (Å²) in [5.74, 6) is -4.64. The molecule has 1 aromatic rings. The summed E-state index contributed by atoms with van der Waals surface area (Å²) in [6, 6.07) is 2.94. The number of alkyl halides is 3. The smallest absolute Gasteiger partial charge is 0.471 e. The van der Waals surface area contributed by atoms with Crippen LogP contribution in [0.15, 0.2) is 24.3 Å². The largest absolute Gasteiger partial charge is 0.480 e. The van der Waals surface area contributed by atoms with Crippen LogP contribution in [-0.2, 0) is 16.0 Å². The quantitative estimate of drug-likeness (QED) is 0.821. The minimum Gasteiger partial charge on any atom is -0.480 e. The lowest BCUT2D eigenvalue weighted by Crippen LogP contribution is -2.47. The van der Waals surface area contributed by atoms with Gasteiger partial charge in [0.05, 0.1) is 0 Å². The number of aliphatic carboxylic acids is 1. The Morgan fingerprint density at radius 1 is 1.32 bits per heavy atom. The van der Waals surface area contributed by atoms with Crippen molar-refractivity contribution < 1.29 is 32.3 Å². The van der Waals surface area contributed by atoms with Crippen LogP contribution in [0.3, 0.4) is 0 Å². The van der Waals surface area contributed by atoms with Crippen molar-refractivity contribution in [3.63, 3.8) is 0 Å². The fourth-order valence-corrected chi connectivity index (χ4v) is 1.34. The van der Waals surface area contributed by atoms with E-state index < -0.39 is 36.3 Å². The number of amides is 1. The number of carbonyl (C=O) groups excluding carboxylic acids is 1. The fraction of sp³-hybridized carbons (Fsp3) is 0.273. The van der Waals surface area contributed by atoms with E-state index in [0.717, 1.165) is 12.1 Å². The van der Waals surface area contributed by atoms with Crippen LogP contribution in [0.2, 0.25) is 0 Å². The highest BCUT2D eigenvalue weighted by Gasteiger charge is 2.40. The van der Waals surface area contributed by atoms with E-state index in [4.69, 9.17) is 5.11 Å². The number of carbonyl (C=O) groups is 2. The van der Waals surface area contributed by atoms with Crippen molar-refractivity contribution in [2.75, 3.05) is 0 Å². The standard InChI is InChI=1S/C11H9F4NO3/c12-7-3-1-2-6(4-7)5-8(9(17)18)16-10(19)11(13,14)15/h1-4,8H,5H2,(H,16,19)(H,17,18). The maximum atomic E-state index is 12.9. The van der Waals surface area contributed by atoms with Gasteiger partial charge >= 0.3 is 18.1 Å². The first-order valence-corrected chi connectivity index (χ1v) is 5.05. The molecule has 0 fully saturated rings. The third-order valence-corrected chi connectivity index (χ3v) is 2.19. The van der Waals surface area contributed by atoms with Crippen LogP contribution < -0.4 is 5.32 Å². The van der Waals surface area contributed by atoms with Gasteiger partial charge in [-0.05, 0) is 17.7 Å². The molecule has 1 amide bonds. The van der Waals surface area contributed by atoms with Crippen LogP contribution in [0.4, 0.5) is 17.6 Å². The molecule has 1 rings (SSSR count). The first kappa shape index (κ1) is 14.9. The Hall–Kier alpha value is -2.12. The van der Waals surface area contributed by atoms with Gasteiger partial charge in [-0.25, -0.2) is 9.18 Å². The van der Waals surface area contributed by atoms with Crippen LogP contribution >= 0.6 is 0 Å². The molecule has 2 N–H and O–H groups in total. The molecule has 0 heterocycles. The van der Waals surface area contributed by atoms with Gasteiger partial charge in [0.1, 0.15) is 11.9 Å². The second kappa shape index (κ2) is 5.68. The van der Waals surface area contributed by atoms with Crippen LogP contribution in [0.25, 0.3) is 0 Å². The lowest BCUT2D eigenvalue weighted by atomic mass is 10.1. The highest BCUT2D eigenvalue weighted by molar-refractivity contribution is 5.87. The molecular formula is C11H9F4NO3. The molecule has 19 heavy (non-hydrogen) atoms. The lowest BCUT2D eigenvalue weighted by Gasteiger charge is -2.15. The van der Waals surface area contributed by atoms with E-state index in [2.05, 4.69) is 0 Å². The first-order chi connectivity index (χ1) is 8.70. The van der Waals surface area contributed by atoms with E-state index in [0.29, 0.717) is 0 Å². The summed E-state index contributed by atoms with van der Waals surface area (Å²) >= 11 is 0. The number of halogens is 4. The van der Waals surface area contributed by atoms with Crippen LogP contribution in [-0.4, -0.2) is 29.2 Å². The van der Waals surface area contributed by atoms with E-state index in [-0.39, 0.29) is 5.56 Å². The SMILES string of the molecule is O=C(O)C(Cc1cccc(F)c1)NC(=O)C(F)(F)F. The van der Waals surface area contributed by atoms with Crippen molar-refractivity contribution in [3.05, 3.63) is 35.6 Å². The van der Waals surface area contributed by atoms with Gasteiger partial charge in [-0.1, -0.05) is 12.1 Å².